The molecule has 0 amide bonds. The average molecular weight is 1060 g/mol. The molecule has 0 fully saturated rings. The second kappa shape index (κ2) is 21.3. The fourth-order valence-corrected chi connectivity index (χ4v) is 4.60. The largest absolute Gasteiger partial charge is 0.669 e. The number of rotatable bonds is 7. The fourth-order valence-electron chi connectivity index (χ4n) is 4.60. The minimum atomic E-state index is 0. The van der Waals surface area contributed by atoms with E-state index in [9.17, 15) is 0 Å². The topological polar surface area (TPSA) is 79.9 Å². The van der Waals surface area contributed by atoms with E-state index in [-0.39, 0.29) is 42.1 Å². The van der Waals surface area contributed by atoms with Gasteiger partial charge in [-0.2, -0.15) is 0 Å². The van der Waals surface area contributed by atoms with Gasteiger partial charge in [0, 0.05) is 116 Å². The van der Waals surface area contributed by atoms with Crippen LogP contribution in [0.5, 0.6) is 23.3 Å². The van der Waals surface area contributed by atoms with Crippen LogP contribution < -0.4 is 9.47 Å². The summed E-state index contributed by atoms with van der Waals surface area (Å²) >= 11 is 0. The molecule has 0 saturated carbocycles. The Morgan fingerprint density at radius 1 is 0.519 bits per heavy atom. The number of aromatic nitrogens is 6. The van der Waals surface area contributed by atoms with Gasteiger partial charge < -0.3 is 66.8 Å². The van der Waals surface area contributed by atoms with Gasteiger partial charge in [-0.15, -0.1) is 11.1 Å². The molecular formula is C44H26N6O2Pt2-6. The van der Waals surface area contributed by atoms with Gasteiger partial charge in [-0.05, 0) is 48.5 Å². The first-order valence-electron chi connectivity index (χ1n) is 15.8. The van der Waals surface area contributed by atoms with Crippen LogP contribution in [0.3, 0.4) is 0 Å². The first kappa shape index (κ1) is 40.5. The zero-order valence-electron chi connectivity index (χ0n) is 28.1. The molecule has 270 valence electrons. The molecule has 54 heavy (non-hydrogen) atoms. The van der Waals surface area contributed by atoms with Gasteiger partial charge in [-0.1, -0.05) is 46.9 Å². The quantitative estimate of drug-likeness (QED) is 0.117. The Kier molecular flexibility index (Phi) is 15.9. The predicted octanol–water partition coefficient (Wildman–Crippen LogP) is 8.81. The van der Waals surface area contributed by atoms with E-state index in [2.05, 4.69) is 56.3 Å². The predicted molar refractivity (Wildman–Crippen MR) is 196 cm³/mol. The maximum Gasteiger partial charge on any atom is 0.215 e. The zero-order chi connectivity index (χ0) is 35.8. The van der Waals surface area contributed by atoms with Crippen LogP contribution >= 0.6 is 0 Å². The third-order valence-corrected chi connectivity index (χ3v) is 7.04. The Hall–Kier alpha value is -6.30. The molecule has 0 aliphatic carbocycles. The number of pyridine rings is 4. The average Bonchev–Trinajstić information content (AvgIpc) is 3.96. The number of hydrogen-bond donors (Lipinski definition) is 0. The van der Waals surface area contributed by atoms with E-state index >= 15 is 0 Å². The summed E-state index contributed by atoms with van der Waals surface area (Å²) in [5.74, 6) is 1.86. The molecule has 6 heterocycles. The molecule has 8 nitrogen and oxygen atoms in total. The van der Waals surface area contributed by atoms with E-state index < -0.39 is 0 Å². The van der Waals surface area contributed by atoms with Gasteiger partial charge >= 0.3 is 0 Å². The van der Waals surface area contributed by atoms with Crippen LogP contribution in [0.2, 0.25) is 0 Å². The molecule has 0 bridgehead atoms. The van der Waals surface area contributed by atoms with Crippen LogP contribution in [-0.2, 0) is 42.1 Å². The van der Waals surface area contributed by atoms with Crippen molar-refractivity contribution in [2.45, 2.75) is 0 Å². The maximum atomic E-state index is 6.57. The van der Waals surface area contributed by atoms with Crippen molar-refractivity contribution >= 4 is 0 Å². The van der Waals surface area contributed by atoms with Crippen LogP contribution in [0.15, 0.2) is 159 Å². The van der Waals surface area contributed by atoms with Gasteiger partial charge in [0.15, 0.2) is 0 Å². The SMILES string of the molecule is [C-]#Cn1cccc1.[C-]#Cn1cccc1.[Pt].[Pt].[c-]1cc(-c2cccnc2)c(Oc2ccccn2)[c-]c1-c1[c-]cc(-c2cccnc2)c(Oc2ccccn2)[c-]1. The summed E-state index contributed by atoms with van der Waals surface area (Å²) in [7, 11) is 0. The minimum Gasteiger partial charge on any atom is -0.669 e. The smallest absolute Gasteiger partial charge is 0.215 e. The van der Waals surface area contributed by atoms with Gasteiger partial charge in [0.2, 0.25) is 11.8 Å². The van der Waals surface area contributed by atoms with Crippen molar-refractivity contribution in [2.24, 2.45) is 0 Å². The Bertz CT molecular complexity index is 2190. The molecule has 6 aromatic heterocycles. The van der Waals surface area contributed by atoms with Gasteiger partial charge in [-0.25, -0.2) is 34.2 Å². The van der Waals surface area contributed by atoms with E-state index in [4.69, 9.17) is 22.3 Å². The third-order valence-electron chi connectivity index (χ3n) is 7.04. The van der Waals surface area contributed by atoms with Crippen molar-refractivity contribution in [1.82, 2.24) is 29.1 Å². The van der Waals surface area contributed by atoms with E-state index in [0.29, 0.717) is 34.4 Å². The Balaban J connectivity index is 0.000000340. The second-order valence-electron chi connectivity index (χ2n) is 10.5. The molecule has 10 heteroatoms. The van der Waals surface area contributed by atoms with Crippen molar-refractivity contribution in [3.05, 3.63) is 196 Å². The summed E-state index contributed by atoms with van der Waals surface area (Å²) in [5, 5.41) is 0. The van der Waals surface area contributed by atoms with Crippen molar-refractivity contribution in [3.63, 3.8) is 0 Å². The third kappa shape index (κ3) is 11.3. The molecule has 0 saturated heterocycles. The van der Waals surface area contributed by atoms with Crippen LogP contribution in [-0.4, -0.2) is 29.1 Å². The van der Waals surface area contributed by atoms with E-state index in [0.717, 1.165) is 22.3 Å². The van der Waals surface area contributed by atoms with Crippen LogP contribution in [0.4, 0.5) is 0 Å². The Morgan fingerprint density at radius 2 is 0.944 bits per heavy atom. The molecule has 0 radical (unpaired) electrons. The van der Waals surface area contributed by atoms with Crippen molar-refractivity contribution in [3.8, 4) is 68.7 Å². The van der Waals surface area contributed by atoms with Crippen molar-refractivity contribution in [1.29, 1.82) is 0 Å². The molecule has 0 spiro atoms. The first-order chi connectivity index (χ1) is 25.7. The van der Waals surface area contributed by atoms with Gasteiger partial charge in [0.05, 0.1) is 0 Å². The van der Waals surface area contributed by atoms with Crippen molar-refractivity contribution in [2.75, 3.05) is 0 Å². The number of hydrogen-bond acceptors (Lipinski definition) is 6. The number of nitrogens with zero attached hydrogens (tertiary/aromatic N) is 6. The molecule has 0 aliphatic rings. The zero-order valence-corrected chi connectivity index (χ0v) is 32.7. The summed E-state index contributed by atoms with van der Waals surface area (Å²) in [5.41, 5.74) is 4.52. The molecule has 0 unspecified atom stereocenters. The van der Waals surface area contributed by atoms with Crippen LogP contribution in [0.1, 0.15) is 0 Å². The van der Waals surface area contributed by atoms with E-state index in [1.807, 2.05) is 84.9 Å². The summed E-state index contributed by atoms with van der Waals surface area (Å²) in [6.07, 6.45) is 30.5. The molecule has 2 aromatic carbocycles. The molecule has 8 rings (SSSR count). The minimum absolute atomic E-state index is 0. The summed E-state index contributed by atoms with van der Waals surface area (Å²) in [6, 6.07) is 47.3. The normalized spacial score (nSPS) is 9.52. The summed E-state index contributed by atoms with van der Waals surface area (Å²) in [4.78, 5) is 17.1. The Labute approximate surface area is 343 Å². The van der Waals surface area contributed by atoms with Gasteiger partial charge in [-0.3, -0.25) is 9.97 Å². The summed E-state index contributed by atoms with van der Waals surface area (Å²) in [6.45, 7) is 0. The second-order valence-corrected chi connectivity index (χ2v) is 10.5. The fraction of sp³-hybridized carbons (Fsp3) is 0. The molecule has 0 atom stereocenters. The van der Waals surface area contributed by atoms with Crippen LogP contribution in [0, 0.1) is 49.2 Å². The molecule has 0 aliphatic heterocycles. The summed E-state index contributed by atoms with van der Waals surface area (Å²) < 4.78 is 15.4. The van der Waals surface area contributed by atoms with Gasteiger partial charge in [0.1, 0.15) is 0 Å². The Morgan fingerprint density at radius 3 is 1.26 bits per heavy atom. The number of benzene rings is 2. The van der Waals surface area contributed by atoms with E-state index in [1.165, 1.54) is 0 Å². The monoisotopic (exact) mass is 1060 g/mol. The maximum absolute atomic E-state index is 6.57. The first-order valence-corrected chi connectivity index (χ1v) is 15.8. The standard InChI is InChI=1S/C32H18N4O2.2C6H4N.2Pt/c1-3-17-35-31(9-1)37-29-19-23(11-13-27(29)25-7-5-15-33-21-25)24-12-14-28(26-8-6-16-34-22-26)30(20-24)38-32-10-2-4-18-36-32;2*1-2-7-5-3-4-6-7;;/h1-10,13-18,21-22H;2*3-6H;;/q-4;2*-1;;. The molecule has 8 aromatic rings. The van der Waals surface area contributed by atoms with Crippen LogP contribution in [0.25, 0.3) is 33.4 Å². The van der Waals surface area contributed by atoms with E-state index in [1.54, 1.807) is 83.2 Å². The van der Waals surface area contributed by atoms with Crippen molar-refractivity contribution < 1.29 is 51.6 Å². The molecule has 0 N–H and O–H groups in total. The molecular weight excluding hydrogens is 1030 g/mol. The number of ether oxygens (including phenoxy) is 2. The van der Waals surface area contributed by atoms with Gasteiger partial charge in [0.25, 0.3) is 0 Å².